The van der Waals surface area contributed by atoms with E-state index in [-0.39, 0.29) is 17.2 Å². The molecule has 1 aromatic heterocycles. The molecule has 5 nitrogen and oxygen atoms in total. The molecule has 0 aliphatic heterocycles. The molecular formula is C21H20F2N4O. The lowest BCUT2D eigenvalue weighted by atomic mass is 10.0. The Morgan fingerprint density at radius 3 is 2.36 bits per heavy atom. The average molecular weight is 382 g/mol. The molecule has 1 heterocycles. The zero-order chi connectivity index (χ0) is 20.3. The minimum Gasteiger partial charge on any atom is -0.338 e. The van der Waals surface area contributed by atoms with E-state index in [1.165, 1.54) is 17.7 Å². The second-order valence-electron chi connectivity index (χ2n) is 6.67. The van der Waals surface area contributed by atoms with E-state index >= 15 is 0 Å². The van der Waals surface area contributed by atoms with Crippen molar-refractivity contribution in [3.05, 3.63) is 77.2 Å². The molecule has 28 heavy (non-hydrogen) atoms. The first-order chi connectivity index (χ1) is 13.3. The van der Waals surface area contributed by atoms with Gasteiger partial charge in [0, 0.05) is 17.8 Å². The summed E-state index contributed by atoms with van der Waals surface area (Å²) in [4.78, 5) is 20.8. The molecular weight excluding hydrogens is 362 g/mol. The Bertz CT molecular complexity index is 1000. The molecule has 0 fully saturated rings. The molecule has 2 N–H and O–H groups in total. The number of benzene rings is 2. The molecule has 0 aliphatic carbocycles. The van der Waals surface area contributed by atoms with E-state index in [0.29, 0.717) is 17.4 Å². The summed E-state index contributed by atoms with van der Waals surface area (Å²) in [5, 5.41) is 5.53. The Balaban J connectivity index is 1.79. The number of nitrogens with zero attached hydrogens (tertiary/aromatic N) is 2. The van der Waals surface area contributed by atoms with E-state index in [1.807, 2.05) is 24.3 Å². The van der Waals surface area contributed by atoms with Gasteiger partial charge in [0.1, 0.15) is 29.0 Å². The number of amides is 1. The summed E-state index contributed by atoms with van der Waals surface area (Å²) < 4.78 is 26.9. The third-order valence-electron chi connectivity index (χ3n) is 4.10. The number of anilines is 3. The summed E-state index contributed by atoms with van der Waals surface area (Å²) in [5.74, 6) is -0.871. The number of hydrogen-bond acceptors (Lipinski definition) is 4. The molecule has 7 heteroatoms. The van der Waals surface area contributed by atoms with Crippen molar-refractivity contribution < 1.29 is 13.6 Å². The van der Waals surface area contributed by atoms with Crippen LogP contribution < -0.4 is 10.6 Å². The first-order valence-corrected chi connectivity index (χ1v) is 8.81. The van der Waals surface area contributed by atoms with Crippen LogP contribution in [0.1, 0.15) is 41.6 Å². The number of carbonyl (C=O) groups excluding carboxylic acids is 1. The van der Waals surface area contributed by atoms with Crippen molar-refractivity contribution in [3.63, 3.8) is 0 Å². The highest BCUT2D eigenvalue weighted by Gasteiger charge is 2.13. The van der Waals surface area contributed by atoms with Crippen LogP contribution in [0.15, 0.2) is 48.5 Å². The lowest BCUT2D eigenvalue weighted by molar-refractivity contribution is 0.102. The van der Waals surface area contributed by atoms with Gasteiger partial charge in [0.15, 0.2) is 0 Å². The van der Waals surface area contributed by atoms with E-state index in [2.05, 4.69) is 34.4 Å². The third-order valence-corrected chi connectivity index (χ3v) is 4.10. The summed E-state index contributed by atoms with van der Waals surface area (Å²) in [5.41, 5.74) is 1.99. The number of nitrogens with one attached hydrogen (secondary N) is 2. The van der Waals surface area contributed by atoms with Gasteiger partial charge in [-0.25, -0.2) is 18.7 Å². The fraction of sp³-hybridized carbons (Fsp3) is 0.190. The van der Waals surface area contributed by atoms with Gasteiger partial charge in [-0.1, -0.05) is 26.0 Å². The molecule has 3 rings (SSSR count). The number of halogens is 2. The van der Waals surface area contributed by atoms with Crippen LogP contribution in [0, 0.1) is 18.6 Å². The van der Waals surface area contributed by atoms with Crippen molar-refractivity contribution in [1.29, 1.82) is 0 Å². The second kappa shape index (κ2) is 8.12. The normalized spacial score (nSPS) is 10.8. The lowest BCUT2D eigenvalue weighted by Gasteiger charge is -2.11. The van der Waals surface area contributed by atoms with Gasteiger partial charge in [-0.15, -0.1) is 0 Å². The maximum atomic E-state index is 13.8. The quantitative estimate of drug-likeness (QED) is 0.638. The van der Waals surface area contributed by atoms with Gasteiger partial charge in [0.05, 0.1) is 5.69 Å². The highest BCUT2D eigenvalue weighted by molar-refractivity contribution is 6.03. The lowest BCUT2D eigenvalue weighted by Crippen LogP contribution is -2.15. The zero-order valence-electron chi connectivity index (χ0n) is 15.8. The number of rotatable bonds is 5. The predicted octanol–water partition coefficient (Wildman–Crippen LogP) is 5.18. The largest absolute Gasteiger partial charge is 0.338 e. The van der Waals surface area contributed by atoms with Crippen LogP contribution in [0.3, 0.4) is 0 Å². The predicted molar refractivity (Wildman–Crippen MR) is 105 cm³/mol. The van der Waals surface area contributed by atoms with Crippen LogP contribution in [-0.4, -0.2) is 15.9 Å². The molecule has 0 bridgehead atoms. The smallest absolute Gasteiger partial charge is 0.274 e. The fourth-order valence-corrected chi connectivity index (χ4v) is 2.62. The molecule has 0 aliphatic rings. The molecule has 0 saturated carbocycles. The van der Waals surface area contributed by atoms with Gasteiger partial charge in [0.25, 0.3) is 5.91 Å². The van der Waals surface area contributed by atoms with Crippen LogP contribution in [0.2, 0.25) is 0 Å². The molecule has 0 saturated heterocycles. The van der Waals surface area contributed by atoms with Crippen molar-refractivity contribution in [2.24, 2.45) is 0 Å². The minimum absolute atomic E-state index is 0.0510. The Kier molecular flexibility index (Phi) is 5.63. The Hall–Kier alpha value is -3.35. The van der Waals surface area contributed by atoms with Crippen LogP contribution in [0.25, 0.3) is 0 Å². The summed E-state index contributed by atoms with van der Waals surface area (Å²) in [6.07, 6.45) is 0. The van der Waals surface area contributed by atoms with Gasteiger partial charge in [-0.05, 0) is 42.7 Å². The van der Waals surface area contributed by atoms with Crippen molar-refractivity contribution in [1.82, 2.24) is 9.97 Å². The monoisotopic (exact) mass is 382 g/mol. The maximum Gasteiger partial charge on any atom is 0.274 e. The Morgan fingerprint density at radius 1 is 1.00 bits per heavy atom. The number of carbonyl (C=O) groups is 1. The van der Waals surface area contributed by atoms with Crippen molar-refractivity contribution >= 4 is 23.1 Å². The number of aryl methyl sites for hydroxylation is 1. The summed E-state index contributed by atoms with van der Waals surface area (Å²) >= 11 is 0. The molecule has 1 amide bonds. The van der Waals surface area contributed by atoms with Crippen LogP contribution >= 0.6 is 0 Å². The van der Waals surface area contributed by atoms with Gasteiger partial charge in [-0.2, -0.15) is 0 Å². The maximum absolute atomic E-state index is 13.8. The third kappa shape index (κ3) is 4.68. The van der Waals surface area contributed by atoms with Crippen molar-refractivity contribution in [3.8, 4) is 0 Å². The molecule has 2 aromatic carbocycles. The molecule has 144 valence electrons. The standard InChI is InChI=1S/C21H20F2N4O/c1-12(2)14-4-7-16(8-5-14)26-21(28)19-11-20(25-13(3)24-19)27-18-9-6-15(22)10-17(18)23/h4-12H,1-3H3,(H,26,28)(H,24,25,27). The van der Waals surface area contributed by atoms with Gasteiger partial charge in [0.2, 0.25) is 0 Å². The van der Waals surface area contributed by atoms with Gasteiger partial charge >= 0.3 is 0 Å². The van der Waals surface area contributed by atoms with Gasteiger partial charge < -0.3 is 10.6 Å². The minimum atomic E-state index is -0.757. The molecule has 0 unspecified atom stereocenters. The molecule has 0 atom stereocenters. The summed E-state index contributed by atoms with van der Waals surface area (Å²) in [6, 6.07) is 12.1. The van der Waals surface area contributed by atoms with Crippen molar-refractivity contribution in [2.75, 3.05) is 10.6 Å². The average Bonchev–Trinajstić information content (AvgIpc) is 2.64. The zero-order valence-corrected chi connectivity index (χ0v) is 15.8. The Morgan fingerprint density at radius 2 is 1.71 bits per heavy atom. The van der Waals surface area contributed by atoms with E-state index in [9.17, 15) is 13.6 Å². The molecule has 0 spiro atoms. The molecule has 0 radical (unpaired) electrons. The summed E-state index contributed by atoms with van der Waals surface area (Å²) in [6.45, 7) is 5.81. The van der Waals surface area contributed by atoms with Crippen LogP contribution in [0.5, 0.6) is 0 Å². The highest BCUT2D eigenvalue weighted by atomic mass is 19.1. The highest BCUT2D eigenvalue weighted by Crippen LogP contribution is 2.21. The SMILES string of the molecule is Cc1nc(Nc2ccc(F)cc2F)cc(C(=O)Nc2ccc(C(C)C)cc2)n1. The number of aromatic nitrogens is 2. The van der Waals surface area contributed by atoms with Crippen molar-refractivity contribution in [2.45, 2.75) is 26.7 Å². The van der Waals surface area contributed by atoms with Gasteiger partial charge in [-0.3, -0.25) is 4.79 Å². The fourth-order valence-electron chi connectivity index (χ4n) is 2.62. The first kappa shape index (κ1) is 19.4. The Labute approximate surface area is 161 Å². The van der Waals surface area contributed by atoms with E-state index in [1.54, 1.807) is 6.92 Å². The first-order valence-electron chi connectivity index (χ1n) is 8.81. The van der Waals surface area contributed by atoms with Crippen LogP contribution in [-0.2, 0) is 0 Å². The number of hydrogen-bond donors (Lipinski definition) is 2. The van der Waals surface area contributed by atoms with Crippen LogP contribution in [0.4, 0.5) is 26.0 Å². The van der Waals surface area contributed by atoms with E-state index < -0.39 is 17.5 Å². The summed E-state index contributed by atoms with van der Waals surface area (Å²) in [7, 11) is 0. The van der Waals surface area contributed by atoms with E-state index in [4.69, 9.17) is 0 Å². The second-order valence-corrected chi connectivity index (χ2v) is 6.67. The topological polar surface area (TPSA) is 66.9 Å². The molecule has 3 aromatic rings. The van der Waals surface area contributed by atoms with E-state index in [0.717, 1.165) is 12.1 Å².